The molecule has 25 heavy (non-hydrogen) atoms. The fraction of sp³-hybridized carbons (Fsp3) is 0.167. The molecule has 0 bridgehead atoms. The predicted molar refractivity (Wildman–Crippen MR) is 97.3 cm³/mol. The highest BCUT2D eigenvalue weighted by Gasteiger charge is 2.08. The van der Waals surface area contributed by atoms with Crippen LogP contribution in [0.3, 0.4) is 0 Å². The van der Waals surface area contributed by atoms with Gasteiger partial charge in [-0.05, 0) is 50.2 Å². The Hall–Kier alpha value is -3.35. The van der Waals surface area contributed by atoms with Gasteiger partial charge in [-0.25, -0.2) is 9.97 Å². The molecule has 0 saturated heterocycles. The summed E-state index contributed by atoms with van der Waals surface area (Å²) in [4.78, 5) is 20.6. The number of carbonyl (C=O) groups is 1. The van der Waals surface area contributed by atoms with Gasteiger partial charge in [-0.1, -0.05) is 0 Å². The van der Waals surface area contributed by atoms with Crippen molar-refractivity contribution in [2.75, 3.05) is 22.5 Å². The van der Waals surface area contributed by atoms with E-state index in [4.69, 9.17) is 4.42 Å². The maximum atomic E-state index is 11.9. The van der Waals surface area contributed by atoms with Crippen molar-refractivity contribution in [2.24, 2.45) is 0 Å². The molecule has 0 fully saturated rings. The Morgan fingerprint density at radius 3 is 2.48 bits per heavy atom. The molecule has 3 aromatic rings. The van der Waals surface area contributed by atoms with E-state index in [1.54, 1.807) is 12.1 Å². The second kappa shape index (κ2) is 7.48. The zero-order valence-corrected chi connectivity index (χ0v) is 14.0. The molecule has 0 spiro atoms. The van der Waals surface area contributed by atoms with Crippen LogP contribution in [0.5, 0.6) is 0 Å². The maximum Gasteiger partial charge on any atom is 0.291 e. The number of furan rings is 1. The van der Waals surface area contributed by atoms with Crippen LogP contribution in [0.25, 0.3) is 0 Å². The highest BCUT2D eigenvalue weighted by atomic mass is 16.3. The molecule has 3 N–H and O–H groups in total. The number of amides is 1. The summed E-state index contributed by atoms with van der Waals surface area (Å²) in [5.41, 5.74) is 1.54. The van der Waals surface area contributed by atoms with Gasteiger partial charge < -0.3 is 20.4 Å². The molecule has 0 unspecified atom stereocenters. The highest BCUT2D eigenvalue weighted by molar-refractivity contribution is 6.02. The van der Waals surface area contributed by atoms with Crippen molar-refractivity contribution < 1.29 is 9.21 Å². The molecule has 0 saturated carbocycles. The minimum absolute atomic E-state index is 0.273. The Bertz CT molecular complexity index is 844. The van der Waals surface area contributed by atoms with E-state index in [2.05, 4.69) is 25.9 Å². The first-order chi connectivity index (χ1) is 12.1. The molecule has 1 aromatic carbocycles. The normalized spacial score (nSPS) is 10.3. The Morgan fingerprint density at radius 2 is 1.80 bits per heavy atom. The number of nitrogens with zero attached hydrogens (tertiary/aromatic N) is 2. The molecular formula is C18H19N5O2. The highest BCUT2D eigenvalue weighted by Crippen LogP contribution is 2.20. The lowest BCUT2D eigenvalue weighted by atomic mass is 10.2. The van der Waals surface area contributed by atoms with Crippen molar-refractivity contribution >= 4 is 28.9 Å². The summed E-state index contributed by atoms with van der Waals surface area (Å²) in [6, 6.07) is 12.5. The van der Waals surface area contributed by atoms with Gasteiger partial charge in [-0.15, -0.1) is 0 Å². The van der Waals surface area contributed by atoms with Crippen LogP contribution in [-0.2, 0) is 0 Å². The van der Waals surface area contributed by atoms with E-state index in [-0.39, 0.29) is 11.7 Å². The smallest absolute Gasteiger partial charge is 0.291 e. The third-order valence-electron chi connectivity index (χ3n) is 3.36. The number of hydrogen-bond acceptors (Lipinski definition) is 6. The Balaban J connectivity index is 1.67. The number of nitrogens with one attached hydrogen (secondary N) is 3. The first kappa shape index (κ1) is 16.5. The summed E-state index contributed by atoms with van der Waals surface area (Å²) >= 11 is 0. The Kier molecular flexibility index (Phi) is 4.94. The molecular weight excluding hydrogens is 318 g/mol. The molecule has 0 aliphatic carbocycles. The number of aromatic nitrogens is 2. The summed E-state index contributed by atoms with van der Waals surface area (Å²) in [6.07, 6.45) is 1.47. The minimum atomic E-state index is -0.285. The summed E-state index contributed by atoms with van der Waals surface area (Å²) < 4.78 is 5.07. The average molecular weight is 337 g/mol. The Morgan fingerprint density at radius 1 is 1.08 bits per heavy atom. The second-order valence-electron chi connectivity index (χ2n) is 5.35. The van der Waals surface area contributed by atoms with Crippen LogP contribution in [-0.4, -0.2) is 22.4 Å². The van der Waals surface area contributed by atoms with E-state index in [0.29, 0.717) is 17.3 Å². The standard InChI is InChI=1S/C18H19N5O2/c1-3-19-16-11-17(21-12(2)20-16)22-13-6-8-14(9-7-13)23-18(24)15-5-4-10-25-15/h4-11H,3H2,1-2H3,(H,23,24)(H2,19,20,21,22). The molecule has 2 heterocycles. The number of rotatable bonds is 6. The average Bonchev–Trinajstić information content (AvgIpc) is 3.11. The van der Waals surface area contributed by atoms with Crippen LogP contribution in [0.4, 0.5) is 23.0 Å². The van der Waals surface area contributed by atoms with Gasteiger partial charge in [0.2, 0.25) is 0 Å². The van der Waals surface area contributed by atoms with Crippen molar-refractivity contribution in [1.29, 1.82) is 0 Å². The van der Waals surface area contributed by atoms with Gasteiger partial charge in [0.1, 0.15) is 17.5 Å². The van der Waals surface area contributed by atoms with E-state index in [1.165, 1.54) is 6.26 Å². The van der Waals surface area contributed by atoms with Gasteiger partial charge in [-0.3, -0.25) is 4.79 Å². The number of anilines is 4. The predicted octanol–water partition coefficient (Wildman–Crippen LogP) is 3.81. The maximum absolute atomic E-state index is 11.9. The summed E-state index contributed by atoms with van der Waals surface area (Å²) in [5, 5.41) is 9.17. The monoisotopic (exact) mass is 337 g/mol. The van der Waals surface area contributed by atoms with Gasteiger partial charge in [0.25, 0.3) is 5.91 Å². The summed E-state index contributed by atoms with van der Waals surface area (Å²) in [6.45, 7) is 4.65. The molecule has 0 aliphatic heterocycles. The van der Waals surface area contributed by atoms with Crippen molar-refractivity contribution in [1.82, 2.24) is 9.97 Å². The number of carbonyl (C=O) groups excluding carboxylic acids is 1. The quantitative estimate of drug-likeness (QED) is 0.633. The van der Waals surface area contributed by atoms with E-state index >= 15 is 0 Å². The molecule has 1 amide bonds. The fourth-order valence-electron chi connectivity index (χ4n) is 2.29. The molecule has 2 aromatic heterocycles. The van der Waals surface area contributed by atoms with Crippen LogP contribution >= 0.6 is 0 Å². The van der Waals surface area contributed by atoms with Gasteiger partial charge in [-0.2, -0.15) is 0 Å². The largest absolute Gasteiger partial charge is 0.459 e. The number of benzene rings is 1. The third kappa shape index (κ3) is 4.35. The molecule has 128 valence electrons. The van der Waals surface area contributed by atoms with Crippen LogP contribution in [0, 0.1) is 6.92 Å². The third-order valence-corrected chi connectivity index (χ3v) is 3.36. The van der Waals surface area contributed by atoms with Crippen LogP contribution in [0.1, 0.15) is 23.3 Å². The topological polar surface area (TPSA) is 92.1 Å². The van der Waals surface area contributed by atoms with Gasteiger partial charge in [0.05, 0.1) is 6.26 Å². The van der Waals surface area contributed by atoms with E-state index in [0.717, 1.165) is 18.1 Å². The van der Waals surface area contributed by atoms with Crippen LogP contribution in [0.2, 0.25) is 0 Å². The van der Waals surface area contributed by atoms with E-state index in [1.807, 2.05) is 44.2 Å². The van der Waals surface area contributed by atoms with Crippen molar-refractivity contribution in [3.05, 3.63) is 60.3 Å². The number of aryl methyl sites for hydroxylation is 1. The Labute approximate surface area is 145 Å². The lowest BCUT2D eigenvalue weighted by molar-refractivity contribution is 0.0996. The summed E-state index contributed by atoms with van der Waals surface area (Å²) in [7, 11) is 0. The molecule has 0 aliphatic rings. The zero-order chi connectivity index (χ0) is 17.6. The van der Waals surface area contributed by atoms with E-state index < -0.39 is 0 Å². The fourth-order valence-corrected chi connectivity index (χ4v) is 2.29. The first-order valence-electron chi connectivity index (χ1n) is 7.95. The lowest BCUT2D eigenvalue weighted by Crippen LogP contribution is -2.10. The van der Waals surface area contributed by atoms with Crippen LogP contribution < -0.4 is 16.0 Å². The summed E-state index contributed by atoms with van der Waals surface area (Å²) in [5.74, 6) is 2.15. The molecule has 3 rings (SSSR count). The van der Waals surface area contributed by atoms with Gasteiger partial charge in [0, 0.05) is 24.0 Å². The first-order valence-corrected chi connectivity index (χ1v) is 7.95. The molecule has 0 radical (unpaired) electrons. The zero-order valence-electron chi connectivity index (χ0n) is 14.0. The molecule has 7 heteroatoms. The SMILES string of the molecule is CCNc1cc(Nc2ccc(NC(=O)c3ccco3)cc2)nc(C)n1. The molecule has 7 nitrogen and oxygen atoms in total. The van der Waals surface area contributed by atoms with Gasteiger partial charge >= 0.3 is 0 Å². The van der Waals surface area contributed by atoms with Crippen molar-refractivity contribution in [2.45, 2.75) is 13.8 Å². The van der Waals surface area contributed by atoms with Gasteiger partial charge in [0.15, 0.2) is 5.76 Å². The second-order valence-corrected chi connectivity index (χ2v) is 5.35. The minimum Gasteiger partial charge on any atom is -0.459 e. The van der Waals surface area contributed by atoms with Crippen molar-refractivity contribution in [3.63, 3.8) is 0 Å². The van der Waals surface area contributed by atoms with E-state index in [9.17, 15) is 4.79 Å². The lowest BCUT2D eigenvalue weighted by Gasteiger charge is -2.10. The molecule has 0 atom stereocenters. The number of hydrogen-bond donors (Lipinski definition) is 3. The van der Waals surface area contributed by atoms with Crippen LogP contribution in [0.15, 0.2) is 53.1 Å². The van der Waals surface area contributed by atoms with Crippen molar-refractivity contribution in [3.8, 4) is 0 Å².